The van der Waals surface area contributed by atoms with Gasteiger partial charge in [0.1, 0.15) is 0 Å². The molecule has 0 rings (SSSR count). The molecule has 0 saturated carbocycles. The molecule has 25 heavy (non-hydrogen) atoms. The molecule has 0 heterocycles. The maximum Gasteiger partial charge on any atom is -0.0286 e. The molecule has 0 aromatic heterocycles. The van der Waals surface area contributed by atoms with Crippen LogP contribution in [-0.2, 0) is 0 Å². The van der Waals surface area contributed by atoms with Gasteiger partial charge in [0, 0.05) is 0 Å². The first-order chi connectivity index (χ1) is 11.9. The van der Waals surface area contributed by atoms with Gasteiger partial charge in [0.25, 0.3) is 0 Å². The van der Waals surface area contributed by atoms with E-state index in [-0.39, 0.29) is 0 Å². The van der Waals surface area contributed by atoms with Gasteiger partial charge < -0.3 is 0 Å². The number of hydrogen-bond acceptors (Lipinski definition) is 0. The molecule has 0 unspecified atom stereocenters. The Hall–Kier alpha value is -0.780. The minimum Gasteiger partial charge on any atom is -0.0853 e. The van der Waals surface area contributed by atoms with Gasteiger partial charge in [-0.25, -0.2) is 0 Å². The van der Waals surface area contributed by atoms with Gasteiger partial charge >= 0.3 is 0 Å². The molecule has 0 fully saturated rings. The van der Waals surface area contributed by atoms with Crippen LogP contribution >= 0.6 is 0 Å². The van der Waals surface area contributed by atoms with E-state index in [9.17, 15) is 0 Å². The largest absolute Gasteiger partial charge is 0.0853 e. The molecular formula is C25H46. The molecule has 0 aliphatic heterocycles. The summed E-state index contributed by atoms with van der Waals surface area (Å²) in [5, 5.41) is 0. The molecule has 0 N–H and O–H groups in total. The summed E-state index contributed by atoms with van der Waals surface area (Å²) in [6.07, 6.45) is 21.1. The van der Waals surface area contributed by atoms with Gasteiger partial charge in [-0.3, -0.25) is 0 Å². The van der Waals surface area contributed by atoms with Gasteiger partial charge in [-0.15, -0.1) is 0 Å². The lowest BCUT2D eigenvalue weighted by molar-refractivity contribution is 0.322. The summed E-state index contributed by atoms with van der Waals surface area (Å²) in [4.78, 5) is 0. The van der Waals surface area contributed by atoms with Gasteiger partial charge in [0.05, 0.1) is 0 Å². The van der Waals surface area contributed by atoms with Crippen LogP contribution in [0.4, 0.5) is 0 Å². The quantitative estimate of drug-likeness (QED) is 0.275. The Morgan fingerprint density at radius 2 is 1.24 bits per heavy atom. The first-order valence-corrected chi connectivity index (χ1v) is 10.9. The molecule has 0 spiro atoms. The van der Waals surface area contributed by atoms with Gasteiger partial charge in [-0.2, -0.15) is 0 Å². The summed E-state index contributed by atoms with van der Waals surface area (Å²) in [7, 11) is 0. The molecule has 0 aliphatic rings. The Bertz CT molecular complexity index is 417. The van der Waals surface area contributed by atoms with E-state index in [1.54, 1.807) is 16.7 Å². The molecule has 146 valence electrons. The summed E-state index contributed by atoms with van der Waals surface area (Å²) in [5.74, 6) is 0. The highest BCUT2D eigenvalue weighted by molar-refractivity contribution is 5.08. The van der Waals surface area contributed by atoms with Crippen LogP contribution < -0.4 is 0 Å². The zero-order valence-corrected chi connectivity index (χ0v) is 18.5. The van der Waals surface area contributed by atoms with Gasteiger partial charge in [0.15, 0.2) is 0 Å². The second kappa shape index (κ2) is 14.4. The highest BCUT2D eigenvalue weighted by Gasteiger charge is 2.14. The zero-order valence-electron chi connectivity index (χ0n) is 18.5. The van der Waals surface area contributed by atoms with Crippen molar-refractivity contribution in [3.05, 3.63) is 34.9 Å². The molecule has 0 aromatic carbocycles. The van der Waals surface area contributed by atoms with Crippen molar-refractivity contribution in [2.75, 3.05) is 0 Å². The van der Waals surface area contributed by atoms with Crippen molar-refractivity contribution >= 4 is 0 Å². The molecular weight excluding hydrogens is 300 g/mol. The SMILES string of the molecule is CCC/C=C(\CC)CC/C=C(\CC)CC/C=C(\C)CCC(C)(C)CC. The second-order valence-electron chi connectivity index (χ2n) is 8.37. The lowest BCUT2D eigenvalue weighted by atomic mass is 9.84. The molecule has 0 radical (unpaired) electrons. The van der Waals surface area contributed by atoms with Crippen molar-refractivity contribution in [1.82, 2.24) is 0 Å². The van der Waals surface area contributed by atoms with Crippen molar-refractivity contribution in [1.29, 1.82) is 0 Å². The Morgan fingerprint density at radius 1 is 0.720 bits per heavy atom. The molecule has 0 aliphatic carbocycles. The van der Waals surface area contributed by atoms with Crippen molar-refractivity contribution in [3.63, 3.8) is 0 Å². The van der Waals surface area contributed by atoms with Crippen LogP contribution in [0.5, 0.6) is 0 Å². The predicted octanol–water partition coefficient (Wildman–Crippen LogP) is 9.18. The number of allylic oxidation sites excluding steroid dienone is 6. The van der Waals surface area contributed by atoms with Gasteiger partial charge in [-0.05, 0) is 70.1 Å². The van der Waals surface area contributed by atoms with E-state index in [4.69, 9.17) is 0 Å². The molecule has 0 bridgehead atoms. The Kier molecular flexibility index (Phi) is 13.9. The summed E-state index contributed by atoms with van der Waals surface area (Å²) < 4.78 is 0. The van der Waals surface area contributed by atoms with E-state index in [0.29, 0.717) is 5.41 Å². The summed E-state index contributed by atoms with van der Waals surface area (Å²) in [6, 6.07) is 0. The van der Waals surface area contributed by atoms with Crippen molar-refractivity contribution in [2.24, 2.45) is 5.41 Å². The lowest BCUT2D eigenvalue weighted by Crippen LogP contribution is -2.09. The van der Waals surface area contributed by atoms with Crippen molar-refractivity contribution < 1.29 is 0 Å². The average molecular weight is 347 g/mol. The molecule has 0 amide bonds. The molecule has 0 nitrogen and oxygen atoms in total. The summed E-state index contributed by atoms with van der Waals surface area (Å²) >= 11 is 0. The molecule has 0 atom stereocenters. The van der Waals surface area contributed by atoms with E-state index in [1.165, 1.54) is 70.6 Å². The molecule has 0 aromatic rings. The highest BCUT2D eigenvalue weighted by atomic mass is 14.2. The van der Waals surface area contributed by atoms with Crippen LogP contribution in [0, 0.1) is 5.41 Å². The van der Waals surface area contributed by atoms with Crippen molar-refractivity contribution in [3.8, 4) is 0 Å². The summed E-state index contributed by atoms with van der Waals surface area (Å²) in [5.41, 5.74) is 5.35. The first kappa shape index (κ1) is 24.2. The fourth-order valence-electron chi connectivity index (χ4n) is 2.97. The predicted molar refractivity (Wildman–Crippen MR) is 117 cm³/mol. The maximum atomic E-state index is 2.51. The van der Waals surface area contributed by atoms with Crippen LogP contribution in [0.25, 0.3) is 0 Å². The fraction of sp³-hybridized carbons (Fsp3) is 0.760. The minimum absolute atomic E-state index is 0.492. The molecule has 0 saturated heterocycles. The number of hydrogen-bond donors (Lipinski definition) is 0. The third-order valence-electron chi connectivity index (χ3n) is 5.64. The topological polar surface area (TPSA) is 0 Å². The zero-order chi connectivity index (χ0) is 19.1. The lowest BCUT2D eigenvalue weighted by Gasteiger charge is -2.22. The second-order valence-corrected chi connectivity index (χ2v) is 8.37. The monoisotopic (exact) mass is 346 g/mol. The third kappa shape index (κ3) is 13.1. The van der Waals surface area contributed by atoms with Crippen LogP contribution in [0.2, 0.25) is 0 Å². The summed E-state index contributed by atoms with van der Waals surface area (Å²) in [6.45, 7) is 16.2. The molecule has 0 heteroatoms. The average Bonchev–Trinajstić information content (AvgIpc) is 2.61. The van der Waals surface area contributed by atoms with Crippen LogP contribution in [-0.4, -0.2) is 0 Å². The maximum absolute atomic E-state index is 2.51. The van der Waals surface area contributed by atoms with E-state index in [2.05, 4.69) is 66.7 Å². The fourth-order valence-corrected chi connectivity index (χ4v) is 2.97. The van der Waals surface area contributed by atoms with E-state index >= 15 is 0 Å². The highest BCUT2D eigenvalue weighted by Crippen LogP contribution is 2.28. The van der Waals surface area contributed by atoms with Crippen LogP contribution in [0.1, 0.15) is 119 Å². The minimum atomic E-state index is 0.492. The van der Waals surface area contributed by atoms with Crippen molar-refractivity contribution in [2.45, 2.75) is 119 Å². The third-order valence-corrected chi connectivity index (χ3v) is 5.64. The van der Waals surface area contributed by atoms with E-state index < -0.39 is 0 Å². The Morgan fingerprint density at radius 3 is 1.72 bits per heavy atom. The van der Waals surface area contributed by atoms with Crippen LogP contribution in [0.3, 0.4) is 0 Å². The van der Waals surface area contributed by atoms with Gasteiger partial charge in [-0.1, -0.05) is 89.3 Å². The standard InChI is InChI=1S/C25H46/c1-8-12-16-23(9-2)18-14-19-24(10-3)17-13-15-22(5)20-21-25(6,7)11-4/h15-16,19H,8-14,17-18,20-21H2,1-7H3/b22-15+,23-16+,24-19+. The van der Waals surface area contributed by atoms with E-state index in [1.807, 2.05) is 0 Å². The van der Waals surface area contributed by atoms with E-state index in [0.717, 1.165) is 0 Å². The smallest absolute Gasteiger partial charge is 0.0286 e. The number of unbranched alkanes of at least 4 members (excludes halogenated alkanes) is 1. The number of rotatable bonds is 14. The van der Waals surface area contributed by atoms with Crippen LogP contribution in [0.15, 0.2) is 34.9 Å². The Balaban J connectivity index is 4.29. The first-order valence-electron chi connectivity index (χ1n) is 10.9. The Labute approximate surface area is 159 Å². The normalized spacial score (nSPS) is 14.3. The van der Waals surface area contributed by atoms with Gasteiger partial charge in [0.2, 0.25) is 0 Å².